The normalized spacial score (nSPS) is 11.7. The number of thioether (sulfide) groups is 1. The van der Waals surface area contributed by atoms with Crippen LogP contribution in [0.2, 0.25) is 0 Å². The molecule has 0 bridgehead atoms. The molecule has 0 aromatic carbocycles. The van der Waals surface area contributed by atoms with Gasteiger partial charge in [0, 0.05) is 5.25 Å². The molecule has 0 N–H and O–H groups in total. The first-order valence-corrected chi connectivity index (χ1v) is 4.04. The van der Waals surface area contributed by atoms with E-state index in [1.807, 2.05) is 6.08 Å². The Bertz CT molecular complexity index is 147. The molecular formula is C8H13NS. The molecule has 0 rings (SSSR count). The Morgan fingerprint density at radius 2 is 2.20 bits per heavy atom. The van der Waals surface area contributed by atoms with Crippen molar-refractivity contribution in [3.8, 4) is 0 Å². The van der Waals surface area contributed by atoms with Gasteiger partial charge in [-0.2, -0.15) is 0 Å². The smallest absolute Gasteiger partial charge is 0.0954 e. The zero-order valence-corrected chi connectivity index (χ0v) is 7.32. The molecule has 1 nitrogen and oxygen atoms in total. The minimum absolute atomic E-state index is 0.552. The molecule has 0 saturated carbocycles. The highest BCUT2D eigenvalue weighted by molar-refractivity contribution is 8.03. The van der Waals surface area contributed by atoms with E-state index < -0.39 is 0 Å². The van der Waals surface area contributed by atoms with Crippen LogP contribution < -0.4 is 0 Å². The molecule has 0 aromatic rings. The number of hydrogen-bond donors (Lipinski definition) is 0. The molecule has 2 heteroatoms. The van der Waals surface area contributed by atoms with Gasteiger partial charge in [-0.05, 0) is 12.8 Å². The highest BCUT2D eigenvalue weighted by Gasteiger charge is 1.96. The van der Waals surface area contributed by atoms with E-state index in [9.17, 15) is 0 Å². The summed E-state index contributed by atoms with van der Waals surface area (Å²) < 4.78 is 0. The van der Waals surface area contributed by atoms with Gasteiger partial charge in [-0.1, -0.05) is 26.5 Å². The lowest BCUT2D eigenvalue weighted by Crippen LogP contribution is -1.85. The molecule has 0 aromatic heterocycles. The largest absolute Gasteiger partial charge is 0.258 e. The fourth-order valence-corrected chi connectivity index (χ4v) is 1.20. The monoisotopic (exact) mass is 155 g/mol. The number of hydrogen-bond acceptors (Lipinski definition) is 2. The van der Waals surface area contributed by atoms with Crippen molar-refractivity contribution in [1.82, 2.24) is 0 Å². The standard InChI is InChI=1S/C8H13NS/c1-5-6-8(9-4)10-7(2)3/h5-7H,1,4H2,2-3H3/b8-6+. The van der Waals surface area contributed by atoms with Gasteiger partial charge >= 0.3 is 0 Å². The van der Waals surface area contributed by atoms with Gasteiger partial charge in [0.15, 0.2) is 0 Å². The maximum atomic E-state index is 3.82. The van der Waals surface area contributed by atoms with Crippen molar-refractivity contribution in [3.63, 3.8) is 0 Å². The van der Waals surface area contributed by atoms with E-state index >= 15 is 0 Å². The lowest BCUT2D eigenvalue weighted by atomic mass is 10.6. The van der Waals surface area contributed by atoms with E-state index in [0.29, 0.717) is 5.25 Å². The van der Waals surface area contributed by atoms with Crippen molar-refractivity contribution in [1.29, 1.82) is 0 Å². The predicted octanol–water partition coefficient (Wildman–Crippen LogP) is 2.86. The van der Waals surface area contributed by atoms with Gasteiger partial charge in [0.25, 0.3) is 0 Å². The summed E-state index contributed by atoms with van der Waals surface area (Å²) in [6.45, 7) is 11.3. The molecule has 0 fully saturated rings. The minimum Gasteiger partial charge on any atom is -0.258 e. The van der Waals surface area contributed by atoms with Crippen LogP contribution in [0, 0.1) is 0 Å². The maximum absolute atomic E-state index is 3.82. The van der Waals surface area contributed by atoms with Crippen LogP contribution in [0.1, 0.15) is 13.8 Å². The fourth-order valence-electron chi connectivity index (χ4n) is 0.472. The summed E-state index contributed by atoms with van der Waals surface area (Å²) in [5.41, 5.74) is 0. The Kier molecular flexibility index (Phi) is 5.03. The third-order valence-electron chi connectivity index (χ3n) is 0.773. The van der Waals surface area contributed by atoms with Gasteiger partial charge in [-0.25, -0.2) is 0 Å². The second kappa shape index (κ2) is 5.30. The van der Waals surface area contributed by atoms with E-state index in [1.54, 1.807) is 17.8 Å². The van der Waals surface area contributed by atoms with Crippen LogP contribution in [0.3, 0.4) is 0 Å². The first kappa shape index (κ1) is 9.50. The van der Waals surface area contributed by atoms with Crippen LogP contribution in [0.15, 0.2) is 28.8 Å². The van der Waals surface area contributed by atoms with Crippen molar-refractivity contribution in [2.45, 2.75) is 19.1 Å². The van der Waals surface area contributed by atoms with Crippen molar-refractivity contribution < 1.29 is 0 Å². The topological polar surface area (TPSA) is 12.4 Å². The molecule has 10 heavy (non-hydrogen) atoms. The van der Waals surface area contributed by atoms with E-state index in [4.69, 9.17) is 0 Å². The summed E-state index contributed by atoms with van der Waals surface area (Å²) in [7, 11) is 0. The van der Waals surface area contributed by atoms with Crippen LogP contribution in [0.4, 0.5) is 0 Å². The first-order chi connectivity index (χ1) is 4.70. The van der Waals surface area contributed by atoms with Crippen molar-refractivity contribution in [3.05, 3.63) is 23.8 Å². The van der Waals surface area contributed by atoms with Crippen LogP contribution in [-0.2, 0) is 0 Å². The van der Waals surface area contributed by atoms with Gasteiger partial charge < -0.3 is 0 Å². The number of nitrogens with zero attached hydrogens (tertiary/aromatic N) is 1. The van der Waals surface area contributed by atoms with Crippen LogP contribution in [-0.4, -0.2) is 12.0 Å². The van der Waals surface area contributed by atoms with E-state index in [1.165, 1.54) is 0 Å². The molecule has 56 valence electrons. The molecule has 0 saturated heterocycles. The van der Waals surface area contributed by atoms with E-state index in [-0.39, 0.29) is 0 Å². The predicted molar refractivity (Wildman–Crippen MR) is 50.6 cm³/mol. The fraction of sp³-hybridized carbons (Fsp3) is 0.375. The van der Waals surface area contributed by atoms with Gasteiger partial charge in [0.1, 0.15) is 0 Å². The lowest BCUT2D eigenvalue weighted by molar-refractivity contribution is 1.12. The third-order valence-corrected chi connectivity index (χ3v) is 1.75. The maximum Gasteiger partial charge on any atom is 0.0954 e. The van der Waals surface area contributed by atoms with Crippen molar-refractivity contribution >= 4 is 18.5 Å². The summed E-state index contributed by atoms with van der Waals surface area (Å²) >= 11 is 1.68. The van der Waals surface area contributed by atoms with Crippen LogP contribution in [0.25, 0.3) is 0 Å². The highest BCUT2D eigenvalue weighted by atomic mass is 32.2. The molecule has 0 heterocycles. The van der Waals surface area contributed by atoms with Gasteiger partial charge in [0.05, 0.1) is 5.03 Å². The van der Waals surface area contributed by atoms with Crippen molar-refractivity contribution in [2.24, 2.45) is 4.99 Å². The van der Waals surface area contributed by atoms with Crippen LogP contribution >= 0.6 is 11.8 Å². The molecule has 0 spiro atoms. The molecule has 0 unspecified atom stereocenters. The second-order valence-corrected chi connectivity index (χ2v) is 3.66. The Hall–Kier alpha value is -0.500. The molecule has 0 aliphatic rings. The molecule has 0 atom stereocenters. The molecular weight excluding hydrogens is 142 g/mol. The lowest BCUT2D eigenvalue weighted by Gasteiger charge is -2.02. The number of allylic oxidation sites excluding steroid dienone is 2. The molecule has 0 radical (unpaired) electrons. The Labute approximate surface area is 66.9 Å². The van der Waals surface area contributed by atoms with E-state index in [2.05, 4.69) is 32.1 Å². The molecule has 0 amide bonds. The number of rotatable bonds is 4. The molecule has 0 aliphatic heterocycles. The summed E-state index contributed by atoms with van der Waals surface area (Å²) in [5, 5.41) is 1.49. The van der Waals surface area contributed by atoms with Crippen LogP contribution in [0.5, 0.6) is 0 Å². The van der Waals surface area contributed by atoms with Gasteiger partial charge in [-0.3, -0.25) is 4.99 Å². The Morgan fingerprint density at radius 1 is 1.60 bits per heavy atom. The SMILES string of the molecule is C=C/C=C(\N=C)SC(C)C. The second-order valence-electron chi connectivity index (χ2n) is 2.07. The Balaban J connectivity index is 3.95. The minimum atomic E-state index is 0.552. The van der Waals surface area contributed by atoms with Crippen molar-refractivity contribution in [2.75, 3.05) is 0 Å². The first-order valence-electron chi connectivity index (χ1n) is 3.16. The highest BCUT2D eigenvalue weighted by Crippen LogP contribution is 2.21. The van der Waals surface area contributed by atoms with Gasteiger partial charge in [0.2, 0.25) is 0 Å². The summed E-state index contributed by atoms with van der Waals surface area (Å²) in [6, 6.07) is 0. The zero-order valence-electron chi connectivity index (χ0n) is 6.50. The third kappa shape index (κ3) is 4.39. The van der Waals surface area contributed by atoms with Gasteiger partial charge in [-0.15, -0.1) is 11.8 Å². The average Bonchev–Trinajstić information content (AvgIpc) is 1.86. The Morgan fingerprint density at radius 3 is 2.50 bits per heavy atom. The molecule has 0 aliphatic carbocycles. The summed E-state index contributed by atoms with van der Waals surface area (Å²) in [4.78, 5) is 3.82. The van der Waals surface area contributed by atoms with E-state index in [0.717, 1.165) is 5.03 Å². The average molecular weight is 155 g/mol. The summed E-state index contributed by atoms with van der Waals surface area (Å²) in [5.74, 6) is 0. The number of aliphatic imine (C=N–C) groups is 1. The zero-order chi connectivity index (χ0) is 7.98. The quantitative estimate of drug-likeness (QED) is 0.449. The summed E-state index contributed by atoms with van der Waals surface area (Å²) in [6.07, 6.45) is 3.58.